The number of anilines is 3. The van der Waals surface area contributed by atoms with E-state index < -0.39 is 0 Å². The van der Waals surface area contributed by atoms with Crippen LogP contribution in [0.15, 0.2) is 42.6 Å². The quantitative estimate of drug-likeness (QED) is 0.334. The molecule has 0 aliphatic rings. The summed E-state index contributed by atoms with van der Waals surface area (Å²) >= 11 is 0. The average molecular weight is 424 g/mol. The molecule has 3 rings (SSSR count). The number of rotatable bonds is 10. The summed E-state index contributed by atoms with van der Waals surface area (Å²) in [5.74, 6) is 2.29. The van der Waals surface area contributed by atoms with E-state index in [9.17, 15) is 0 Å². The van der Waals surface area contributed by atoms with Crippen LogP contribution in [0.5, 0.6) is 17.2 Å². The highest BCUT2D eigenvalue weighted by Crippen LogP contribution is 2.39. The molecule has 0 aliphatic carbocycles. The van der Waals surface area contributed by atoms with Gasteiger partial charge in [0.15, 0.2) is 11.5 Å². The fourth-order valence-electron chi connectivity index (χ4n) is 3.26. The van der Waals surface area contributed by atoms with Crippen molar-refractivity contribution in [2.24, 2.45) is 0 Å². The molecule has 0 radical (unpaired) electrons. The summed E-state index contributed by atoms with van der Waals surface area (Å²) in [5, 5.41) is 0. The van der Waals surface area contributed by atoms with Gasteiger partial charge >= 0.3 is 0 Å². The lowest BCUT2D eigenvalue weighted by Gasteiger charge is -2.16. The number of methoxy groups -OCH3 is 2. The highest BCUT2D eigenvalue weighted by Gasteiger charge is 2.15. The van der Waals surface area contributed by atoms with Crippen molar-refractivity contribution in [3.8, 4) is 17.2 Å². The molecule has 31 heavy (non-hydrogen) atoms. The summed E-state index contributed by atoms with van der Waals surface area (Å²) in [4.78, 5) is 8.02. The Morgan fingerprint density at radius 3 is 2.16 bits per heavy atom. The zero-order valence-corrected chi connectivity index (χ0v) is 17.9. The molecule has 2 aromatic carbocycles. The van der Waals surface area contributed by atoms with E-state index in [0.29, 0.717) is 36.1 Å². The minimum atomic E-state index is 0.150. The van der Waals surface area contributed by atoms with Gasteiger partial charge in [-0.1, -0.05) is 12.1 Å². The van der Waals surface area contributed by atoms with Gasteiger partial charge in [0.2, 0.25) is 11.7 Å². The second-order valence-electron chi connectivity index (χ2n) is 7.19. The Bertz CT molecular complexity index is 984. The van der Waals surface area contributed by atoms with E-state index in [1.807, 2.05) is 24.3 Å². The van der Waals surface area contributed by atoms with Gasteiger partial charge in [0.1, 0.15) is 5.82 Å². The molecule has 8 heteroatoms. The summed E-state index contributed by atoms with van der Waals surface area (Å²) in [5.41, 5.74) is 21.0. The van der Waals surface area contributed by atoms with Crippen LogP contribution in [0, 0.1) is 0 Å². The maximum Gasteiger partial charge on any atom is 0.221 e. The predicted octanol–water partition coefficient (Wildman–Crippen LogP) is 3.23. The zero-order chi connectivity index (χ0) is 22.2. The molecule has 0 saturated heterocycles. The summed E-state index contributed by atoms with van der Waals surface area (Å²) in [6.07, 6.45) is 5.02. The Balaban J connectivity index is 1.63. The Labute approximate surface area is 182 Å². The van der Waals surface area contributed by atoms with Gasteiger partial charge in [-0.3, -0.25) is 0 Å². The molecular formula is C23H29N5O3. The van der Waals surface area contributed by atoms with Gasteiger partial charge < -0.3 is 31.4 Å². The van der Waals surface area contributed by atoms with Crippen molar-refractivity contribution in [2.45, 2.75) is 25.7 Å². The summed E-state index contributed by atoms with van der Waals surface area (Å²) in [6.45, 7) is 0.555. The van der Waals surface area contributed by atoms with Crippen molar-refractivity contribution in [2.75, 3.05) is 38.0 Å². The molecule has 164 valence electrons. The molecular weight excluding hydrogens is 394 g/mol. The van der Waals surface area contributed by atoms with Crippen LogP contribution in [0.2, 0.25) is 0 Å². The van der Waals surface area contributed by atoms with E-state index in [0.717, 1.165) is 36.1 Å². The molecule has 0 aliphatic heterocycles. The van der Waals surface area contributed by atoms with Gasteiger partial charge in [-0.15, -0.1) is 0 Å². The monoisotopic (exact) mass is 423 g/mol. The maximum atomic E-state index is 6.02. The zero-order valence-electron chi connectivity index (χ0n) is 17.9. The molecule has 1 aromatic heterocycles. The van der Waals surface area contributed by atoms with Crippen molar-refractivity contribution in [3.63, 3.8) is 0 Å². The molecule has 0 atom stereocenters. The lowest BCUT2D eigenvalue weighted by atomic mass is 10.1. The lowest BCUT2D eigenvalue weighted by Crippen LogP contribution is -2.05. The van der Waals surface area contributed by atoms with Gasteiger partial charge in [0, 0.05) is 23.9 Å². The van der Waals surface area contributed by atoms with Crippen LogP contribution >= 0.6 is 0 Å². The number of ether oxygens (including phenoxy) is 3. The third-order valence-corrected chi connectivity index (χ3v) is 4.92. The van der Waals surface area contributed by atoms with Crippen LogP contribution in [-0.2, 0) is 12.8 Å². The predicted molar refractivity (Wildman–Crippen MR) is 122 cm³/mol. The van der Waals surface area contributed by atoms with Crippen molar-refractivity contribution in [1.82, 2.24) is 9.97 Å². The van der Waals surface area contributed by atoms with E-state index >= 15 is 0 Å². The highest BCUT2D eigenvalue weighted by molar-refractivity contribution is 5.55. The van der Waals surface area contributed by atoms with E-state index in [-0.39, 0.29) is 5.95 Å². The molecule has 1 heterocycles. The fraction of sp³-hybridized carbons (Fsp3) is 0.304. The number of nitrogens with zero attached hydrogens (tertiary/aromatic N) is 2. The SMILES string of the molecule is COc1cc(Cc2cnc(N)nc2N)cc(OC)c1OCCCCc1ccc(N)cc1. The molecule has 0 spiro atoms. The Kier molecular flexibility index (Phi) is 7.37. The number of aromatic nitrogens is 2. The molecule has 0 unspecified atom stereocenters. The van der Waals surface area contributed by atoms with Crippen LogP contribution in [0.1, 0.15) is 29.5 Å². The molecule has 8 nitrogen and oxygen atoms in total. The van der Waals surface area contributed by atoms with Crippen molar-refractivity contribution in [1.29, 1.82) is 0 Å². The van der Waals surface area contributed by atoms with Crippen LogP contribution in [0.3, 0.4) is 0 Å². The summed E-state index contributed by atoms with van der Waals surface area (Å²) < 4.78 is 17.1. The average Bonchev–Trinajstić information content (AvgIpc) is 2.77. The Morgan fingerprint density at radius 2 is 1.55 bits per heavy atom. The number of benzene rings is 2. The van der Waals surface area contributed by atoms with Gasteiger partial charge in [0.25, 0.3) is 0 Å². The molecule has 0 fully saturated rings. The van der Waals surface area contributed by atoms with Crippen molar-refractivity contribution >= 4 is 17.5 Å². The number of aryl methyl sites for hydroxylation is 1. The van der Waals surface area contributed by atoms with E-state index in [4.69, 9.17) is 31.4 Å². The first kappa shape index (κ1) is 22.0. The van der Waals surface area contributed by atoms with E-state index in [1.54, 1.807) is 20.4 Å². The minimum Gasteiger partial charge on any atom is -0.493 e. The number of hydrogen-bond donors (Lipinski definition) is 3. The lowest BCUT2D eigenvalue weighted by molar-refractivity contribution is 0.268. The number of nitrogens with two attached hydrogens (primary N) is 3. The van der Waals surface area contributed by atoms with Crippen LogP contribution in [0.25, 0.3) is 0 Å². The van der Waals surface area contributed by atoms with Crippen LogP contribution in [0.4, 0.5) is 17.5 Å². The molecule has 0 bridgehead atoms. The second-order valence-corrected chi connectivity index (χ2v) is 7.19. The van der Waals surface area contributed by atoms with Crippen molar-refractivity contribution < 1.29 is 14.2 Å². The minimum absolute atomic E-state index is 0.150. The van der Waals surface area contributed by atoms with Crippen molar-refractivity contribution in [3.05, 3.63) is 59.3 Å². The first-order valence-electron chi connectivity index (χ1n) is 10.1. The molecule has 0 saturated carbocycles. The van der Waals surface area contributed by atoms with E-state index in [1.165, 1.54) is 5.56 Å². The second kappa shape index (κ2) is 10.4. The number of unbranched alkanes of at least 4 members (excludes halogenated alkanes) is 1. The molecule has 0 amide bonds. The number of nitrogen functional groups attached to an aromatic ring is 3. The summed E-state index contributed by atoms with van der Waals surface area (Å²) in [6, 6.07) is 11.8. The smallest absolute Gasteiger partial charge is 0.221 e. The van der Waals surface area contributed by atoms with E-state index in [2.05, 4.69) is 22.1 Å². The summed E-state index contributed by atoms with van der Waals surface area (Å²) in [7, 11) is 3.21. The third kappa shape index (κ3) is 5.91. The highest BCUT2D eigenvalue weighted by atomic mass is 16.5. The Hall–Kier alpha value is -3.68. The topological polar surface area (TPSA) is 132 Å². The first-order valence-corrected chi connectivity index (χ1v) is 10.1. The maximum absolute atomic E-state index is 6.02. The first-order chi connectivity index (χ1) is 15.0. The largest absolute Gasteiger partial charge is 0.493 e. The number of hydrogen-bond acceptors (Lipinski definition) is 8. The van der Waals surface area contributed by atoms with Gasteiger partial charge in [0.05, 0.1) is 20.8 Å². The molecule has 6 N–H and O–H groups in total. The molecule has 3 aromatic rings. The van der Waals surface area contributed by atoms with Crippen LogP contribution < -0.4 is 31.4 Å². The van der Waals surface area contributed by atoms with Gasteiger partial charge in [-0.2, -0.15) is 4.98 Å². The normalized spacial score (nSPS) is 10.6. The van der Waals surface area contributed by atoms with Crippen LogP contribution in [-0.4, -0.2) is 30.8 Å². The van der Waals surface area contributed by atoms with Gasteiger partial charge in [-0.25, -0.2) is 4.98 Å². The Morgan fingerprint density at radius 1 is 0.871 bits per heavy atom. The standard InChI is InChI=1S/C23H29N5O3/c1-29-19-12-16(11-17-14-27-23(26)28-22(17)25)13-20(30-2)21(19)31-10-4-3-5-15-6-8-18(24)9-7-15/h6-9,12-14H,3-5,10-11,24H2,1-2H3,(H4,25,26,27,28). The van der Waals surface area contributed by atoms with Gasteiger partial charge in [-0.05, 0) is 54.7 Å². The third-order valence-electron chi connectivity index (χ3n) is 4.92. The fourth-order valence-corrected chi connectivity index (χ4v) is 3.26.